The first kappa shape index (κ1) is 16.3. The summed E-state index contributed by atoms with van der Waals surface area (Å²) in [5.41, 5.74) is 11.0. The van der Waals surface area contributed by atoms with E-state index in [4.69, 9.17) is 5.73 Å². The minimum Gasteiger partial charge on any atom is -0.324 e. The topological polar surface area (TPSA) is 26.0 Å². The Balaban J connectivity index is 2.11. The quantitative estimate of drug-likeness (QED) is 0.669. The molecular weight excluding hydrogens is 266 g/mol. The highest BCUT2D eigenvalue weighted by Gasteiger charge is 2.63. The molecule has 22 heavy (non-hydrogen) atoms. The lowest BCUT2D eigenvalue weighted by molar-refractivity contribution is 0.0169. The predicted octanol–water partition coefficient (Wildman–Crippen LogP) is 5.61. The van der Waals surface area contributed by atoms with E-state index in [0.29, 0.717) is 5.41 Å². The fourth-order valence-electron chi connectivity index (χ4n) is 5.96. The van der Waals surface area contributed by atoms with Crippen molar-refractivity contribution in [1.82, 2.24) is 0 Å². The van der Waals surface area contributed by atoms with Crippen molar-refractivity contribution >= 4 is 0 Å². The fourth-order valence-corrected chi connectivity index (χ4v) is 5.96. The first-order chi connectivity index (χ1) is 10.1. The SMILES string of the molecule is CCC1(C)CCC2(C)C(=CCC3(N)CC(C)CC32C)C=C1C. The molecule has 3 aliphatic carbocycles. The number of hydrogen-bond donors (Lipinski definition) is 1. The van der Waals surface area contributed by atoms with Gasteiger partial charge in [-0.2, -0.15) is 0 Å². The second kappa shape index (κ2) is 4.72. The zero-order valence-electron chi connectivity index (χ0n) is 15.6. The smallest absolute Gasteiger partial charge is 0.0254 e. The van der Waals surface area contributed by atoms with Crippen LogP contribution < -0.4 is 5.73 Å². The minimum absolute atomic E-state index is 0.000627. The minimum atomic E-state index is -0.000627. The molecule has 5 unspecified atom stereocenters. The van der Waals surface area contributed by atoms with Crippen LogP contribution >= 0.6 is 0 Å². The zero-order valence-corrected chi connectivity index (χ0v) is 15.6. The summed E-state index contributed by atoms with van der Waals surface area (Å²) in [6, 6.07) is 0. The van der Waals surface area contributed by atoms with E-state index in [1.165, 1.54) is 32.1 Å². The molecule has 2 N–H and O–H groups in total. The molecule has 5 atom stereocenters. The molecule has 0 bridgehead atoms. The molecule has 0 aromatic carbocycles. The van der Waals surface area contributed by atoms with Gasteiger partial charge >= 0.3 is 0 Å². The highest BCUT2D eigenvalue weighted by atomic mass is 14.9. The van der Waals surface area contributed by atoms with Gasteiger partial charge in [-0.15, -0.1) is 0 Å². The molecule has 3 aliphatic rings. The Labute approximate surface area is 137 Å². The molecule has 0 aliphatic heterocycles. The Bertz CT molecular complexity index is 544. The maximum atomic E-state index is 7.00. The van der Waals surface area contributed by atoms with E-state index >= 15 is 0 Å². The molecule has 3 rings (SSSR count). The van der Waals surface area contributed by atoms with Gasteiger partial charge in [-0.1, -0.05) is 52.3 Å². The van der Waals surface area contributed by atoms with Crippen LogP contribution in [0.15, 0.2) is 23.3 Å². The van der Waals surface area contributed by atoms with Crippen molar-refractivity contribution in [3.8, 4) is 0 Å². The monoisotopic (exact) mass is 301 g/mol. The molecule has 124 valence electrons. The normalized spacial score (nSPS) is 51.5. The van der Waals surface area contributed by atoms with Crippen molar-refractivity contribution in [3.05, 3.63) is 23.3 Å². The van der Waals surface area contributed by atoms with E-state index in [2.05, 4.69) is 53.7 Å². The van der Waals surface area contributed by atoms with Gasteiger partial charge in [0.2, 0.25) is 0 Å². The second-order valence-electron chi connectivity index (χ2n) is 9.44. The van der Waals surface area contributed by atoms with Gasteiger partial charge < -0.3 is 5.73 Å². The summed E-state index contributed by atoms with van der Waals surface area (Å²) in [4.78, 5) is 0. The van der Waals surface area contributed by atoms with Crippen molar-refractivity contribution in [2.45, 2.75) is 85.6 Å². The van der Waals surface area contributed by atoms with Crippen molar-refractivity contribution < 1.29 is 0 Å². The third-order valence-corrected chi connectivity index (χ3v) is 8.39. The molecule has 0 radical (unpaired) electrons. The number of rotatable bonds is 1. The molecule has 0 heterocycles. The lowest BCUT2D eigenvalue weighted by Crippen LogP contribution is -2.59. The Morgan fingerprint density at radius 1 is 1.18 bits per heavy atom. The third kappa shape index (κ3) is 1.87. The molecule has 0 aromatic heterocycles. The van der Waals surface area contributed by atoms with Crippen molar-refractivity contribution in [1.29, 1.82) is 0 Å². The molecule has 1 heteroatoms. The average molecular weight is 302 g/mol. The van der Waals surface area contributed by atoms with E-state index in [1.54, 1.807) is 11.1 Å². The van der Waals surface area contributed by atoms with Gasteiger partial charge in [0.1, 0.15) is 0 Å². The second-order valence-corrected chi connectivity index (χ2v) is 9.44. The van der Waals surface area contributed by atoms with Crippen molar-refractivity contribution in [3.63, 3.8) is 0 Å². The first-order valence-electron chi connectivity index (χ1n) is 9.29. The van der Waals surface area contributed by atoms with Gasteiger partial charge in [-0.25, -0.2) is 0 Å². The molecule has 0 spiro atoms. The van der Waals surface area contributed by atoms with E-state index in [-0.39, 0.29) is 16.4 Å². The van der Waals surface area contributed by atoms with Gasteiger partial charge in [-0.3, -0.25) is 0 Å². The highest BCUT2D eigenvalue weighted by molar-refractivity contribution is 5.41. The lowest BCUT2D eigenvalue weighted by atomic mass is 9.49. The molecular formula is C21H35N. The van der Waals surface area contributed by atoms with Gasteiger partial charge in [0, 0.05) is 5.54 Å². The summed E-state index contributed by atoms with van der Waals surface area (Å²) in [6.45, 7) is 14.6. The summed E-state index contributed by atoms with van der Waals surface area (Å²) < 4.78 is 0. The van der Waals surface area contributed by atoms with Crippen molar-refractivity contribution in [2.24, 2.45) is 27.9 Å². The lowest BCUT2D eigenvalue weighted by Gasteiger charge is -2.57. The van der Waals surface area contributed by atoms with Crippen LogP contribution in [0.1, 0.15) is 80.1 Å². The van der Waals surface area contributed by atoms with Crippen LogP contribution in [-0.4, -0.2) is 5.54 Å². The van der Waals surface area contributed by atoms with Crippen LogP contribution in [-0.2, 0) is 0 Å². The standard InChI is InChI=1S/C21H35N/c1-7-18(4)10-11-19(5)17(12-16(18)3)8-9-21(22)14-15(2)13-20(19,21)6/h8,12,15H,7,9-11,13-14,22H2,1-6H3. The molecule has 0 amide bonds. The summed E-state index contributed by atoms with van der Waals surface area (Å²) in [7, 11) is 0. The van der Waals surface area contributed by atoms with Crippen LogP contribution in [0.2, 0.25) is 0 Å². The number of hydrogen-bond acceptors (Lipinski definition) is 1. The van der Waals surface area contributed by atoms with Gasteiger partial charge in [0.25, 0.3) is 0 Å². The summed E-state index contributed by atoms with van der Waals surface area (Å²) in [5.74, 6) is 0.755. The van der Waals surface area contributed by atoms with E-state index in [0.717, 1.165) is 12.3 Å². The van der Waals surface area contributed by atoms with Gasteiger partial charge in [0.15, 0.2) is 0 Å². The summed E-state index contributed by atoms with van der Waals surface area (Å²) in [5, 5.41) is 0. The summed E-state index contributed by atoms with van der Waals surface area (Å²) >= 11 is 0. The molecule has 1 nitrogen and oxygen atoms in total. The van der Waals surface area contributed by atoms with E-state index in [9.17, 15) is 0 Å². The maximum absolute atomic E-state index is 7.00. The highest BCUT2D eigenvalue weighted by Crippen LogP contribution is 2.67. The van der Waals surface area contributed by atoms with Crippen LogP contribution in [0.4, 0.5) is 0 Å². The van der Waals surface area contributed by atoms with Crippen molar-refractivity contribution in [2.75, 3.05) is 0 Å². The van der Waals surface area contributed by atoms with E-state index < -0.39 is 0 Å². The number of nitrogens with two attached hydrogens (primary N) is 1. The van der Waals surface area contributed by atoms with Crippen LogP contribution in [0.25, 0.3) is 0 Å². The van der Waals surface area contributed by atoms with Gasteiger partial charge in [-0.05, 0) is 73.2 Å². The Hall–Kier alpha value is -0.560. The Kier molecular flexibility index (Phi) is 3.50. The predicted molar refractivity (Wildman–Crippen MR) is 95.6 cm³/mol. The maximum Gasteiger partial charge on any atom is 0.0254 e. The molecule has 0 aromatic rings. The largest absolute Gasteiger partial charge is 0.324 e. The Morgan fingerprint density at radius 3 is 2.50 bits per heavy atom. The fraction of sp³-hybridized carbons (Fsp3) is 0.810. The van der Waals surface area contributed by atoms with Crippen LogP contribution in [0.3, 0.4) is 0 Å². The third-order valence-electron chi connectivity index (χ3n) is 8.39. The zero-order chi connectivity index (χ0) is 16.4. The molecule has 1 saturated carbocycles. The number of allylic oxidation sites excluding steroid dienone is 3. The summed E-state index contributed by atoms with van der Waals surface area (Å²) in [6.07, 6.45) is 12.4. The van der Waals surface area contributed by atoms with Crippen LogP contribution in [0, 0.1) is 22.2 Å². The Morgan fingerprint density at radius 2 is 1.86 bits per heavy atom. The molecule has 0 saturated heterocycles. The first-order valence-corrected chi connectivity index (χ1v) is 9.29. The number of fused-ring (bicyclic) bond motifs is 3. The van der Waals surface area contributed by atoms with Gasteiger partial charge in [0.05, 0.1) is 0 Å². The molecule has 1 fully saturated rings. The average Bonchev–Trinajstić information content (AvgIpc) is 2.64. The van der Waals surface area contributed by atoms with E-state index in [1.807, 2.05) is 0 Å². The van der Waals surface area contributed by atoms with Crippen LogP contribution in [0.5, 0.6) is 0 Å².